The van der Waals surface area contributed by atoms with Crippen LogP contribution in [0.1, 0.15) is 0 Å². The number of nitrogens with two attached hydrogens (primary N) is 1. The fourth-order valence-corrected chi connectivity index (χ4v) is 2.70. The summed E-state index contributed by atoms with van der Waals surface area (Å²) in [5.41, 5.74) is 8.35. The number of aromatic nitrogens is 2. The monoisotopic (exact) mass is 351 g/mol. The molecule has 2 N–H and O–H groups in total. The topological polar surface area (TPSA) is 52.5 Å². The summed E-state index contributed by atoms with van der Waals surface area (Å²) in [5, 5.41) is 0.560. The molecular formula is C14H11BrClN3O. The molecule has 0 amide bonds. The van der Waals surface area contributed by atoms with Gasteiger partial charge in [-0.1, -0.05) is 27.5 Å². The van der Waals surface area contributed by atoms with E-state index in [4.69, 9.17) is 22.1 Å². The van der Waals surface area contributed by atoms with E-state index in [0.717, 1.165) is 15.8 Å². The molecule has 1 aromatic carbocycles. The number of hydrogen-bond donors (Lipinski definition) is 1. The molecule has 0 aliphatic heterocycles. The summed E-state index contributed by atoms with van der Waals surface area (Å²) < 4.78 is 7.91. The van der Waals surface area contributed by atoms with Crippen molar-refractivity contribution in [2.75, 3.05) is 12.8 Å². The highest BCUT2D eigenvalue weighted by Gasteiger charge is 2.16. The first-order valence-corrected chi connectivity index (χ1v) is 7.05. The first-order chi connectivity index (χ1) is 9.61. The van der Waals surface area contributed by atoms with Crippen LogP contribution in [0.5, 0.6) is 5.75 Å². The number of methoxy groups -OCH3 is 1. The molecule has 6 heteroatoms. The van der Waals surface area contributed by atoms with E-state index in [1.807, 2.05) is 30.5 Å². The van der Waals surface area contributed by atoms with Gasteiger partial charge in [0, 0.05) is 16.2 Å². The summed E-state index contributed by atoms with van der Waals surface area (Å²) in [7, 11) is 1.62. The average Bonchev–Trinajstić information content (AvgIpc) is 2.79. The summed E-state index contributed by atoms with van der Waals surface area (Å²) in [6.45, 7) is 0. The maximum absolute atomic E-state index is 6.18. The number of nitrogens with zero attached hydrogens (tertiary/aromatic N) is 2. The van der Waals surface area contributed by atoms with Crippen molar-refractivity contribution in [3.8, 4) is 17.0 Å². The zero-order valence-corrected chi connectivity index (χ0v) is 12.9. The Kier molecular flexibility index (Phi) is 3.31. The molecule has 0 spiro atoms. The van der Waals surface area contributed by atoms with Crippen LogP contribution in [0, 0.1) is 0 Å². The number of fused-ring (bicyclic) bond motifs is 1. The van der Waals surface area contributed by atoms with Gasteiger partial charge in [-0.25, -0.2) is 4.98 Å². The molecule has 0 aliphatic rings. The van der Waals surface area contributed by atoms with Crippen LogP contribution < -0.4 is 10.5 Å². The molecular weight excluding hydrogens is 342 g/mol. The predicted octanol–water partition coefficient (Wildman–Crippen LogP) is 4.01. The van der Waals surface area contributed by atoms with Gasteiger partial charge in [0.05, 0.1) is 12.1 Å². The number of halogens is 2. The smallest absolute Gasteiger partial charge is 0.157 e. The number of imidazole rings is 1. The molecule has 0 saturated carbocycles. The van der Waals surface area contributed by atoms with Crippen LogP contribution in [-0.2, 0) is 0 Å². The van der Waals surface area contributed by atoms with Crippen LogP contribution in [0.2, 0.25) is 5.02 Å². The molecule has 0 atom stereocenters. The lowest BCUT2D eigenvalue weighted by atomic mass is 10.1. The van der Waals surface area contributed by atoms with E-state index in [9.17, 15) is 0 Å². The molecule has 20 heavy (non-hydrogen) atoms. The fraction of sp³-hybridized carbons (Fsp3) is 0.0714. The van der Waals surface area contributed by atoms with E-state index in [1.54, 1.807) is 17.6 Å². The van der Waals surface area contributed by atoms with Crippen molar-refractivity contribution >= 4 is 39.0 Å². The Balaban J connectivity index is 2.30. The van der Waals surface area contributed by atoms with Gasteiger partial charge in [0.1, 0.15) is 17.3 Å². The lowest BCUT2D eigenvalue weighted by Crippen LogP contribution is -1.94. The average molecular weight is 353 g/mol. The van der Waals surface area contributed by atoms with Gasteiger partial charge < -0.3 is 10.5 Å². The second-order valence-corrected chi connectivity index (χ2v) is 5.50. The van der Waals surface area contributed by atoms with E-state index < -0.39 is 0 Å². The Morgan fingerprint density at radius 2 is 2.15 bits per heavy atom. The summed E-state index contributed by atoms with van der Waals surface area (Å²) in [5.74, 6) is 1.28. The normalized spacial score (nSPS) is 10.9. The van der Waals surface area contributed by atoms with Crippen molar-refractivity contribution in [2.24, 2.45) is 0 Å². The van der Waals surface area contributed by atoms with E-state index in [-0.39, 0.29) is 0 Å². The zero-order chi connectivity index (χ0) is 14.3. The third-order valence-corrected chi connectivity index (χ3v) is 4.05. The summed E-state index contributed by atoms with van der Waals surface area (Å²) in [4.78, 5) is 4.54. The highest BCUT2D eigenvalue weighted by molar-refractivity contribution is 9.10. The Morgan fingerprint density at radius 1 is 1.35 bits per heavy atom. The van der Waals surface area contributed by atoms with Crippen LogP contribution in [0.25, 0.3) is 16.9 Å². The number of hydrogen-bond acceptors (Lipinski definition) is 3. The lowest BCUT2D eigenvalue weighted by Gasteiger charge is -2.06. The minimum absolute atomic E-state index is 0.538. The molecule has 2 heterocycles. The molecule has 4 nitrogen and oxygen atoms in total. The van der Waals surface area contributed by atoms with Gasteiger partial charge in [0.25, 0.3) is 0 Å². The second kappa shape index (κ2) is 5.00. The molecule has 0 aliphatic carbocycles. The van der Waals surface area contributed by atoms with Crippen molar-refractivity contribution in [1.29, 1.82) is 0 Å². The molecule has 3 aromatic rings. The van der Waals surface area contributed by atoms with Crippen molar-refractivity contribution in [3.63, 3.8) is 0 Å². The predicted molar refractivity (Wildman–Crippen MR) is 84.3 cm³/mol. The van der Waals surface area contributed by atoms with Gasteiger partial charge in [-0.3, -0.25) is 4.40 Å². The van der Waals surface area contributed by atoms with Gasteiger partial charge in [-0.15, -0.1) is 0 Å². The Hall–Kier alpha value is -1.72. The first-order valence-electron chi connectivity index (χ1n) is 5.88. The lowest BCUT2D eigenvalue weighted by molar-refractivity contribution is 0.415. The van der Waals surface area contributed by atoms with Gasteiger partial charge in [-0.2, -0.15) is 0 Å². The fourth-order valence-electron chi connectivity index (χ4n) is 2.06. The third-order valence-electron chi connectivity index (χ3n) is 3.07. The van der Waals surface area contributed by atoms with Crippen LogP contribution >= 0.6 is 27.5 Å². The van der Waals surface area contributed by atoms with Crippen molar-refractivity contribution in [2.45, 2.75) is 0 Å². The quantitative estimate of drug-likeness (QED) is 0.758. The van der Waals surface area contributed by atoms with Crippen LogP contribution in [0.4, 0.5) is 5.82 Å². The molecule has 0 radical (unpaired) electrons. The van der Waals surface area contributed by atoms with Gasteiger partial charge in [0.15, 0.2) is 5.65 Å². The minimum Gasteiger partial charge on any atom is -0.497 e. The number of anilines is 1. The SMILES string of the molecule is COc1ccc(Br)c(-c2nc3c(Cl)cccn3c2N)c1. The zero-order valence-electron chi connectivity index (χ0n) is 10.6. The molecule has 0 bridgehead atoms. The van der Waals surface area contributed by atoms with Crippen molar-refractivity contribution in [3.05, 3.63) is 46.0 Å². The molecule has 0 saturated heterocycles. The summed E-state index contributed by atoms with van der Waals surface area (Å²) >= 11 is 9.67. The van der Waals surface area contributed by atoms with Crippen molar-refractivity contribution in [1.82, 2.24) is 9.38 Å². The highest BCUT2D eigenvalue weighted by Crippen LogP contribution is 2.35. The molecule has 0 fully saturated rings. The van der Waals surface area contributed by atoms with Crippen LogP contribution in [0.15, 0.2) is 41.0 Å². The van der Waals surface area contributed by atoms with Crippen LogP contribution in [0.3, 0.4) is 0 Å². The van der Waals surface area contributed by atoms with Crippen molar-refractivity contribution < 1.29 is 4.74 Å². The number of pyridine rings is 1. The number of rotatable bonds is 2. The van der Waals surface area contributed by atoms with E-state index in [0.29, 0.717) is 22.2 Å². The van der Waals surface area contributed by atoms with E-state index >= 15 is 0 Å². The van der Waals surface area contributed by atoms with Gasteiger partial charge in [0.2, 0.25) is 0 Å². The minimum atomic E-state index is 0.538. The number of benzene rings is 1. The third kappa shape index (κ3) is 2.03. The summed E-state index contributed by atoms with van der Waals surface area (Å²) in [6, 6.07) is 9.27. The molecule has 102 valence electrons. The van der Waals surface area contributed by atoms with Gasteiger partial charge in [-0.05, 0) is 30.3 Å². The van der Waals surface area contributed by atoms with Crippen LogP contribution in [-0.4, -0.2) is 16.5 Å². The largest absolute Gasteiger partial charge is 0.497 e. The first kappa shape index (κ1) is 13.3. The van der Waals surface area contributed by atoms with Gasteiger partial charge >= 0.3 is 0 Å². The maximum Gasteiger partial charge on any atom is 0.157 e. The standard InChI is InChI=1S/C14H11BrClN3O/c1-20-8-4-5-10(15)9(7-8)12-13(17)19-6-2-3-11(16)14(19)18-12/h2-7H,17H2,1H3. The summed E-state index contributed by atoms with van der Waals surface area (Å²) in [6.07, 6.45) is 1.83. The Morgan fingerprint density at radius 3 is 2.85 bits per heavy atom. The molecule has 3 rings (SSSR count). The number of nitrogen functional groups attached to an aromatic ring is 1. The molecule has 0 unspecified atom stereocenters. The van der Waals surface area contributed by atoms with E-state index in [2.05, 4.69) is 20.9 Å². The maximum atomic E-state index is 6.18. The van der Waals surface area contributed by atoms with E-state index in [1.165, 1.54) is 0 Å². The Bertz CT molecular complexity index is 800. The molecule has 2 aromatic heterocycles. The second-order valence-electron chi connectivity index (χ2n) is 4.24. The number of ether oxygens (including phenoxy) is 1. The Labute approximate surface area is 129 Å². The highest BCUT2D eigenvalue weighted by atomic mass is 79.9.